The van der Waals surface area contributed by atoms with Gasteiger partial charge in [-0.15, -0.1) is 0 Å². The maximum atomic E-state index is 6.03. The van der Waals surface area contributed by atoms with Gasteiger partial charge in [0.25, 0.3) is 0 Å². The van der Waals surface area contributed by atoms with Gasteiger partial charge in [-0.1, -0.05) is 24.3 Å². The molecule has 0 aliphatic rings. The van der Waals surface area contributed by atoms with E-state index in [9.17, 15) is 0 Å². The monoisotopic (exact) mass is 251 g/mol. The molecule has 19 heavy (non-hydrogen) atoms. The number of benzene rings is 2. The van der Waals surface area contributed by atoms with Gasteiger partial charge in [0.2, 0.25) is 0 Å². The van der Waals surface area contributed by atoms with E-state index < -0.39 is 0 Å². The van der Waals surface area contributed by atoms with Gasteiger partial charge < -0.3 is 16.0 Å². The summed E-state index contributed by atoms with van der Waals surface area (Å²) in [6.45, 7) is 4.13. The van der Waals surface area contributed by atoms with Crippen LogP contribution in [0.2, 0.25) is 0 Å². The van der Waals surface area contributed by atoms with E-state index in [1.807, 2.05) is 24.3 Å². The predicted octanol–water partition coefficient (Wildman–Crippen LogP) is 4.11. The van der Waals surface area contributed by atoms with Crippen LogP contribution in [-0.4, -0.2) is 4.98 Å². The van der Waals surface area contributed by atoms with Crippen molar-refractivity contribution in [3.63, 3.8) is 0 Å². The molecule has 3 rings (SSSR count). The molecule has 1 heterocycles. The number of nitrogens with two attached hydrogens (primary N) is 1. The summed E-state index contributed by atoms with van der Waals surface area (Å²) in [5.41, 5.74) is 12.3. The normalized spacial score (nSPS) is 10.8. The number of aromatic amines is 1. The quantitative estimate of drug-likeness (QED) is 0.600. The number of para-hydroxylation sites is 1. The number of rotatable bonds is 2. The van der Waals surface area contributed by atoms with E-state index in [0.717, 1.165) is 28.3 Å². The van der Waals surface area contributed by atoms with Crippen molar-refractivity contribution < 1.29 is 0 Å². The molecular weight excluding hydrogens is 234 g/mol. The van der Waals surface area contributed by atoms with Crippen LogP contribution in [0.5, 0.6) is 0 Å². The second kappa shape index (κ2) is 4.35. The van der Waals surface area contributed by atoms with Crippen molar-refractivity contribution in [1.29, 1.82) is 0 Å². The highest BCUT2D eigenvalue weighted by atomic mass is 14.9. The van der Waals surface area contributed by atoms with Crippen LogP contribution in [-0.2, 0) is 0 Å². The standard InChI is InChI=1S/C16H17N3/c1-10-7-8-13(17)15(9-10)19-16-11(2)18-14-6-4-3-5-12(14)16/h3-9,18-19H,17H2,1-2H3. The molecule has 1 aromatic heterocycles. The highest BCUT2D eigenvalue weighted by molar-refractivity contribution is 5.96. The molecule has 96 valence electrons. The molecule has 0 saturated heterocycles. The molecule has 0 spiro atoms. The van der Waals surface area contributed by atoms with Gasteiger partial charge >= 0.3 is 0 Å². The minimum Gasteiger partial charge on any atom is -0.397 e. The largest absolute Gasteiger partial charge is 0.397 e. The molecule has 0 saturated carbocycles. The lowest BCUT2D eigenvalue weighted by molar-refractivity contribution is 1.29. The summed E-state index contributed by atoms with van der Waals surface area (Å²) in [5.74, 6) is 0. The van der Waals surface area contributed by atoms with Crippen molar-refractivity contribution >= 4 is 28.0 Å². The molecule has 3 heteroatoms. The van der Waals surface area contributed by atoms with Crippen LogP contribution in [0.3, 0.4) is 0 Å². The van der Waals surface area contributed by atoms with Gasteiger partial charge in [0, 0.05) is 16.6 Å². The maximum Gasteiger partial charge on any atom is 0.0672 e. The van der Waals surface area contributed by atoms with E-state index in [0.29, 0.717) is 0 Å². The fourth-order valence-corrected chi connectivity index (χ4v) is 2.35. The maximum absolute atomic E-state index is 6.03. The third kappa shape index (κ3) is 2.03. The summed E-state index contributed by atoms with van der Waals surface area (Å²) in [5, 5.41) is 4.63. The second-order valence-corrected chi connectivity index (χ2v) is 4.89. The molecule has 0 amide bonds. The highest BCUT2D eigenvalue weighted by Gasteiger charge is 2.09. The zero-order valence-corrected chi connectivity index (χ0v) is 11.1. The number of hydrogen-bond acceptors (Lipinski definition) is 2. The van der Waals surface area contributed by atoms with E-state index >= 15 is 0 Å². The van der Waals surface area contributed by atoms with Gasteiger partial charge in [-0.2, -0.15) is 0 Å². The number of H-pyrrole nitrogens is 1. The molecule has 4 N–H and O–H groups in total. The lowest BCUT2D eigenvalue weighted by Gasteiger charge is -2.10. The first-order valence-electron chi connectivity index (χ1n) is 6.35. The highest BCUT2D eigenvalue weighted by Crippen LogP contribution is 2.32. The zero-order valence-electron chi connectivity index (χ0n) is 11.1. The van der Waals surface area contributed by atoms with Gasteiger partial charge in [-0.05, 0) is 37.6 Å². The van der Waals surface area contributed by atoms with Crippen LogP contribution in [0.15, 0.2) is 42.5 Å². The molecule has 0 aliphatic heterocycles. The molecule has 0 bridgehead atoms. The number of hydrogen-bond donors (Lipinski definition) is 3. The summed E-state index contributed by atoms with van der Waals surface area (Å²) in [7, 11) is 0. The van der Waals surface area contributed by atoms with Gasteiger partial charge in [-0.3, -0.25) is 0 Å². The number of aromatic nitrogens is 1. The van der Waals surface area contributed by atoms with Crippen LogP contribution in [0.1, 0.15) is 11.3 Å². The Kier molecular flexibility index (Phi) is 2.67. The molecule has 2 aromatic carbocycles. The minimum atomic E-state index is 0.760. The Balaban J connectivity index is 2.10. The van der Waals surface area contributed by atoms with Gasteiger partial charge in [-0.25, -0.2) is 0 Å². The Morgan fingerprint density at radius 3 is 2.68 bits per heavy atom. The summed E-state index contributed by atoms with van der Waals surface area (Å²) in [6, 6.07) is 14.3. The fourth-order valence-electron chi connectivity index (χ4n) is 2.35. The third-order valence-electron chi connectivity index (χ3n) is 3.36. The number of aryl methyl sites for hydroxylation is 2. The van der Waals surface area contributed by atoms with Crippen molar-refractivity contribution in [2.75, 3.05) is 11.1 Å². The Bertz CT molecular complexity index is 741. The minimum absolute atomic E-state index is 0.760. The van der Waals surface area contributed by atoms with E-state index in [1.165, 1.54) is 10.9 Å². The van der Waals surface area contributed by atoms with Crippen LogP contribution < -0.4 is 11.1 Å². The van der Waals surface area contributed by atoms with Crippen molar-refractivity contribution in [3.8, 4) is 0 Å². The van der Waals surface area contributed by atoms with Gasteiger partial charge in [0.1, 0.15) is 0 Å². The first kappa shape index (κ1) is 11.7. The predicted molar refractivity (Wildman–Crippen MR) is 81.9 cm³/mol. The Labute approximate surface area is 112 Å². The average Bonchev–Trinajstić information content (AvgIpc) is 2.71. The number of fused-ring (bicyclic) bond motifs is 1. The SMILES string of the molecule is Cc1ccc(N)c(Nc2c(C)[nH]c3ccccc23)c1. The summed E-state index contributed by atoms with van der Waals surface area (Å²) in [4.78, 5) is 3.38. The molecule has 0 unspecified atom stereocenters. The number of nitrogens with one attached hydrogen (secondary N) is 2. The lowest BCUT2D eigenvalue weighted by Crippen LogP contribution is -1.97. The second-order valence-electron chi connectivity index (χ2n) is 4.89. The van der Waals surface area contributed by atoms with E-state index in [4.69, 9.17) is 5.73 Å². The van der Waals surface area contributed by atoms with Crippen molar-refractivity contribution in [2.45, 2.75) is 13.8 Å². The van der Waals surface area contributed by atoms with E-state index in [-0.39, 0.29) is 0 Å². The molecule has 0 radical (unpaired) electrons. The fraction of sp³-hybridized carbons (Fsp3) is 0.125. The van der Waals surface area contributed by atoms with Crippen LogP contribution in [0.25, 0.3) is 10.9 Å². The van der Waals surface area contributed by atoms with Gasteiger partial charge in [0.05, 0.1) is 17.1 Å². The lowest BCUT2D eigenvalue weighted by atomic mass is 10.1. The van der Waals surface area contributed by atoms with Crippen molar-refractivity contribution in [3.05, 3.63) is 53.7 Å². The zero-order chi connectivity index (χ0) is 13.4. The van der Waals surface area contributed by atoms with Crippen LogP contribution in [0.4, 0.5) is 17.1 Å². The van der Waals surface area contributed by atoms with E-state index in [2.05, 4.69) is 42.3 Å². The first-order valence-corrected chi connectivity index (χ1v) is 6.35. The molecular formula is C16H17N3. The smallest absolute Gasteiger partial charge is 0.0672 e. The summed E-state index contributed by atoms with van der Waals surface area (Å²) < 4.78 is 0. The van der Waals surface area contributed by atoms with E-state index in [1.54, 1.807) is 0 Å². The Morgan fingerprint density at radius 2 is 1.84 bits per heavy atom. The Hall–Kier alpha value is -2.42. The average molecular weight is 251 g/mol. The topological polar surface area (TPSA) is 53.8 Å². The van der Waals surface area contributed by atoms with Gasteiger partial charge in [0.15, 0.2) is 0 Å². The Morgan fingerprint density at radius 1 is 1.05 bits per heavy atom. The van der Waals surface area contributed by atoms with Crippen molar-refractivity contribution in [1.82, 2.24) is 4.98 Å². The third-order valence-corrected chi connectivity index (χ3v) is 3.36. The molecule has 3 aromatic rings. The number of anilines is 3. The molecule has 0 aliphatic carbocycles. The molecule has 0 atom stereocenters. The number of nitrogen functional groups attached to an aromatic ring is 1. The summed E-state index contributed by atoms with van der Waals surface area (Å²) >= 11 is 0. The van der Waals surface area contributed by atoms with Crippen molar-refractivity contribution in [2.24, 2.45) is 0 Å². The summed E-state index contributed by atoms with van der Waals surface area (Å²) in [6.07, 6.45) is 0. The first-order chi connectivity index (χ1) is 9.15. The molecule has 3 nitrogen and oxygen atoms in total. The molecule has 0 fully saturated rings. The van der Waals surface area contributed by atoms with Crippen LogP contribution >= 0.6 is 0 Å². The van der Waals surface area contributed by atoms with Crippen LogP contribution in [0, 0.1) is 13.8 Å².